The second-order valence-electron chi connectivity index (χ2n) is 6.18. The number of amides is 1. The number of carbonyl (C=O) groups is 2. The molecule has 7 nitrogen and oxygen atoms in total. The van der Waals surface area contributed by atoms with Crippen molar-refractivity contribution in [3.63, 3.8) is 0 Å². The van der Waals surface area contributed by atoms with E-state index in [9.17, 15) is 14.7 Å². The van der Waals surface area contributed by atoms with Crippen LogP contribution in [0, 0.1) is 0 Å². The molecule has 0 bridgehead atoms. The van der Waals surface area contributed by atoms with Crippen molar-refractivity contribution in [2.24, 2.45) is 0 Å². The largest absolute Gasteiger partial charge is 0.477 e. The van der Waals surface area contributed by atoms with Crippen molar-refractivity contribution in [3.8, 4) is 0 Å². The van der Waals surface area contributed by atoms with Gasteiger partial charge in [0.25, 0.3) is 5.91 Å². The third-order valence-corrected chi connectivity index (χ3v) is 4.57. The summed E-state index contributed by atoms with van der Waals surface area (Å²) >= 11 is 6.09. The van der Waals surface area contributed by atoms with Crippen LogP contribution in [0.15, 0.2) is 72.6 Å². The molecule has 1 aromatic heterocycles. The summed E-state index contributed by atoms with van der Waals surface area (Å²) in [6, 6.07) is 15.5. The van der Waals surface area contributed by atoms with Gasteiger partial charge in [0.15, 0.2) is 0 Å². The van der Waals surface area contributed by atoms with Crippen LogP contribution in [-0.4, -0.2) is 26.8 Å². The fourth-order valence-corrected chi connectivity index (χ4v) is 3.23. The normalized spacial score (nSPS) is 15.2. The highest BCUT2D eigenvalue weighted by atomic mass is 35.5. The Morgan fingerprint density at radius 3 is 2.64 bits per heavy atom. The number of nitrogens with zero attached hydrogens (tertiary/aromatic N) is 2. The molecule has 4 rings (SSSR count). The number of hydrogen-bond acceptors (Lipinski definition) is 4. The molecule has 0 saturated carbocycles. The molecule has 0 fully saturated rings. The lowest BCUT2D eigenvalue weighted by Crippen LogP contribution is -2.25. The van der Waals surface area contributed by atoms with Crippen molar-refractivity contribution in [2.45, 2.75) is 6.04 Å². The van der Waals surface area contributed by atoms with Gasteiger partial charge in [0.05, 0.1) is 12.2 Å². The summed E-state index contributed by atoms with van der Waals surface area (Å²) in [6.07, 6.45) is 2.95. The first-order valence-corrected chi connectivity index (χ1v) is 8.82. The number of aromatic nitrogens is 2. The molecular weight excluding hydrogens is 380 g/mol. The monoisotopic (exact) mass is 394 g/mol. The molecule has 0 unspecified atom stereocenters. The highest BCUT2D eigenvalue weighted by Crippen LogP contribution is 2.33. The van der Waals surface area contributed by atoms with Crippen LogP contribution < -0.4 is 10.6 Å². The van der Waals surface area contributed by atoms with Crippen LogP contribution in [0.3, 0.4) is 0 Å². The lowest BCUT2D eigenvalue weighted by atomic mass is 10.0. The molecule has 3 aromatic rings. The van der Waals surface area contributed by atoms with Gasteiger partial charge in [-0.3, -0.25) is 4.79 Å². The van der Waals surface area contributed by atoms with E-state index >= 15 is 0 Å². The van der Waals surface area contributed by atoms with Gasteiger partial charge in [-0.15, -0.1) is 0 Å². The van der Waals surface area contributed by atoms with Gasteiger partial charge in [-0.2, -0.15) is 5.10 Å². The van der Waals surface area contributed by atoms with Crippen molar-refractivity contribution in [1.29, 1.82) is 0 Å². The number of benzene rings is 2. The quantitative estimate of drug-likeness (QED) is 0.626. The average Bonchev–Trinajstić information content (AvgIpc) is 3.12. The van der Waals surface area contributed by atoms with Gasteiger partial charge in [0.2, 0.25) is 0 Å². The van der Waals surface area contributed by atoms with Crippen LogP contribution in [0.25, 0.3) is 0 Å². The molecule has 1 atom stereocenters. The molecule has 140 valence electrons. The number of aliphatic carboxylic acids is 1. The molecule has 28 heavy (non-hydrogen) atoms. The van der Waals surface area contributed by atoms with Crippen LogP contribution in [0.2, 0.25) is 5.02 Å². The number of halogens is 1. The lowest BCUT2D eigenvalue weighted by Gasteiger charge is -2.24. The minimum atomic E-state index is -1.13. The topological polar surface area (TPSA) is 96.2 Å². The van der Waals surface area contributed by atoms with E-state index in [-0.39, 0.29) is 11.3 Å². The Bertz CT molecular complexity index is 1090. The molecule has 8 heteroatoms. The summed E-state index contributed by atoms with van der Waals surface area (Å²) in [5.41, 5.74) is 1.59. The second-order valence-corrected chi connectivity index (χ2v) is 6.62. The van der Waals surface area contributed by atoms with E-state index in [4.69, 9.17) is 11.6 Å². The van der Waals surface area contributed by atoms with Crippen LogP contribution in [-0.2, 0) is 4.79 Å². The number of carbonyl (C=O) groups excluding carboxylic acids is 1. The molecule has 1 aliphatic rings. The molecular formula is C20H15ClN4O3. The highest BCUT2D eigenvalue weighted by Gasteiger charge is 2.29. The van der Waals surface area contributed by atoms with Gasteiger partial charge in [-0.25, -0.2) is 9.48 Å². The zero-order valence-electron chi connectivity index (χ0n) is 14.5. The average molecular weight is 395 g/mol. The van der Waals surface area contributed by atoms with Crippen molar-refractivity contribution in [3.05, 3.63) is 88.7 Å². The SMILES string of the molecule is O=C(O)C1=C[C@H](c2cccc(Cl)c2)n2ncc(C(=O)Nc3ccccc3)c2N1. The number of hydrogen-bond donors (Lipinski definition) is 3. The van der Waals surface area contributed by atoms with E-state index in [0.717, 1.165) is 5.56 Å². The standard InChI is InChI=1S/C20H15ClN4O3/c21-13-6-4-5-12(9-13)17-10-16(20(27)28)24-18-15(11-22-25(17)18)19(26)23-14-7-2-1-3-8-14/h1-11,17,24H,(H,23,26)(H,27,28)/t17-/m1/s1. The van der Waals surface area contributed by atoms with Crippen LogP contribution >= 0.6 is 11.6 Å². The van der Waals surface area contributed by atoms with E-state index < -0.39 is 17.9 Å². The third-order valence-electron chi connectivity index (χ3n) is 4.33. The third kappa shape index (κ3) is 3.35. The Balaban J connectivity index is 1.74. The van der Waals surface area contributed by atoms with Crippen LogP contribution in [0.5, 0.6) is 0 Å². The lowest BCUT2D eigenvalue weighted by molar-refractivity contribution is -0.132. The molecule has 0 radical (unpaired) electrons. The Hall–Kier alpha value is -3.58. The number of carboxylic acids is 1. The van der Waals surface area contributed by atoms with E-state index in [1.807, 2.05) is 24.3 Å². The smallest absolute Gasteiger partial charge is 0.352 e. The van der Waals surface area contributed by atoms with Gasteiger partial charge in [-0.1, -0.05) is 41.9 Å². The number of fused-ring (bicyclic) bond motifs is 1. The summed E-state index contributed by atoms with van der Waals surface area (Å²) in [7, 11) is 0. The van der Waals surface area contributed by atoms with E-state index in [1.165, 1.54) is 12.3 Å². The molecule has 3 N–H and O–H groups in total. The first kappa shape index (κ1) is 17.8. The summed E-state index contributed by atoms with van der Waals surface area (Å²) < 4.78 is 1.57. The molecule has 0 aliphatic carbocycles. The summed E-state index contributed by atoms with van der Waals surface area (Å²) in [4.78, 5) is 24.3. The van der Waals surface area contributed by atoms with Crippen molar-refractivity contribution in [1.82, 2.24) is 9.78 Å². The first-order chi connectivity index (χ1) is 13.5. The number of allylic oxidation sites excluding steroid dienone is 1. The zero-order chi connectivity index (χ0) is 19.7. The van der Waals surface area contributed by atoms with Crippen molar-refractivity contribution in [2.75, 3.05) is 10.6 Å². The predicted molar refractivity (Wildman–Crippen MR) is 106 cm³/mol. The highest BCUT2D eigenvalue weighted by molar-refractivity contribution is 6.30. The number of para-hydroxylation sites is 1. The van der Waals surface area contributed by atoms with E-state index in [1.54, 1.807) is 35.0 Å². The fourth-order valence-electron chi connectivity index (χ4n) is 3.03. The number of rotatable bonds is 4. The zero-order valence-corrected chi connectivity index (χ0v) is 15.2. The van der Waals surface area contributed by atoms with E-state index in [2.05, 4.69) is 15.7 Å². The summed E-state index contributed by atoms with van der Waals surface area (Å²) in [5.74, 6) is -1.22. The first-order valence-electron chi connectivity index (χ1n) is 8.44. The van der Waals surface area contributed by atoms with Gasteiger partial charge in [-0.05, 0) is 35.9 Å². The number of anilines is 2. The second kappa shape index (κ2) is 7.21. The molecule has 1 amide bonds. The Morgan fingerprint density at radius 1 is 1.14 bits per heavy atom. The van der Waals surface area contributed by atoms with Gasteiger partial charge in [0, 0.05) is 10.7 Å². The number of nitrogens with one attached hydrogen (secondary N) is 2. The minimum Gasteiger partial charge on any atom is -0.477 e. The molecule has 0 saturated heterocycles. The maximum atomic E-state index is 12.7. The molecule has 0 spiro atoms. The molecule has 2 heterocycles. The summed E-state index contributed by atoms with van der Waals surface area (Å²) in [6.45, 7) is 0. The Kier molecular flexibility index (Phi) is 4.58. The predicted octanol–water partition coefficient (Wildman–Crippen LogP) is 3.77. The Morgan fingerprint density at radius 2 is 1.93 bits per heavy atom. The van der Waals surface area contributed by atoms with Crippen molar-refractivity contribution >= 4 is 35.0 Å². The van der Waals surface area contributed by atoms with Crippen LogP contribution in [0.1, 0.15) is 22.0 Å². The fraction of sp³-hybridized carbons (Fsp3) is 0.0500. The van der Waals surface area contributed by atoms with E-state index in [0.29, 0.717) is 16.5 Å². The maximum absolute atomic E-state index is 12.7. The van der Waals surface area contributed by atoms with Gasteiger partial charge >= 0.3 is 5.97 Å². The Labute approximate surface area is 165 Å². The van der Waals surface area contributed by atoms with Crippen molar-refractivity contribution < 1.29 is 14.7 Å². The maximum Gasteiger partial charge on any atom is 0.352 e. The van der Waals surface area contributed by atoms with Gasteiger partial charge < -0.3 is 15.7 Å². The minimum absolute atomic E-state index is 0.0354. The number of carboxylic acid groups (broad SMARTS) is 1. The van der Waals surface area contributed by atoms with Crippen LogP contribution in [0.4, 0.5) is 11.5 Å². The molecule has 2 aromatic carbocycles. The molecule has 1 aliphatic heterocycles. The van der Waals surface area contributed by atoms with Gasteiger partial charge in [0.1, 0.15) is 17.1 Å². The summed E-state index contributed by atoms with van der Waals surface area (Å²) in [5, 5.41) is 19.9.